The van der Waals surface area contributed by atoms with Crippen LogP contribution in [0.3, 0.4) is 0 Å². The standard InChI is InChI=1S/C20H21NO/c1-3-10-18-19(17-13-8-5-9-14-17)21(20(18)22)15(2)16-11-6-4-7-12-16/h3-15,18-19H,1-2H3/b10-3+/t15-,18+,19+/m0/s1. The van der Waals surface area contributed by atoms with E-state index in [0.29, 0.717) is 0 Å². The molecule has 0 aliphatic carbocycles. The van der Waals surface area contributed by atoms with E-state index in [1.807, 2.05) is 60.4 Å². The van der Waals surface area contributed by atoms with E-state index in [1.165, 1.54) is 11.1 Å². The van der Waals surface area contributed by atoms with Gasteiger partial charge in [-0.2, -0.15) is 0 Å². The Morgan fingerprint density at radius 1 is 1.00 bits per heavy atom. The predicted molar refractivity (Wildman–Crippen MR) is 89.2 cm³/mol. The lowest BCUT2D eigenvalue weighted by atomic mass is 9.80. The van der Waals surface area contributed by atoms with E-state index in [1.54, 1.807) is 0 Å². The fourth-order valence-electron chi connectivity index (χ4n) is 3.27. The average molecular weight is 291 g/mol. The van der Waals surface area contributed by atoms with Crippen molar-refractivity contribution in [2.75, 3.05) is 0 Å². The maximum Gasteiger partial charge on any atom is 0.233 e. The van der Waals surface area contributed by atoms with Crippen molar-refractivity contribution in [1.29, 1.82) is 0 Å². The van der Waals surface area contributed by atoms with Crippen LogP contribution < -0.4 is 0 Å². The van der Waals surface area contributed by atoms with E-state index >= 15 is 0 Å². The normalized spacial score (nSPS) is 22.6. The van der Waals surface area contributed by atoms with Gasteiger partial charge < -0.3 is 4.90 Å². The van der Waals surface area contributed by atoms with Crippen molar-refractivity contribution in [2.24, 2.45) is 5.92 Å². The van der Waals surface area contributed by atoms with E-state index in [2.05, 4.69) is 31.2 Å². The number of benzene rings is 2. The van der Waals surface area contributed by atoms with Gasteiger partial charge in [-0.15, -0.1) is 0 Å². The molecule has 112 valence electrons. The summed E-state index contributed by atoms with van der Waals surface area (Å²) in [5.41, 5.74) is 2.38. The maximum absolute atomic E-state index is 12.6. The molecule has 2 aromatic carbocycles. The lowest BCUT2D eigenvalue weighted by Crippen LogP contribution is -2.54. The van der Waals surface area contributed by atoms with Crippen molar-refractivity contribution in [2.45, 2.75) is 25.9 Å². The Bertz CT molecular complexity index is 663. The van der Waals surface area contributed by atoms with Crippen LogP contribution in [0.5, 0.6) is 0 Å². The first-order valence-corrected chi connectivity index (χ1v) is 7.79. The number of hydrogen-bond acceptors (Lipinski definition) is 1. The zero-order valence-corrected chi connectivity index (χ0v) is 13.0. The quantitative estimate of drug-likeness (QED) is 0.599. The van der Waals surface area contributed by atoms with Gasteiger partial charge in [0.2, 0.25) is 5.91 Å². The van der Waals surface area contributed by atoms with Gasteiger partial charge >= 0.3 is 0 Å². The summed E-state index contributed by atoms with van der Waals surface area (Å²) in [5, 5.41) is 0. The second-order valence-electron chi connectivity index (χ2n) is 5.74. The van der Waals surface area contributed by atoms with Gasteiger partial charge in [0, 0.05) is 0 Å². The SMILES string of the molecule is C/C=C/[C@H]1C(=O)N([C@@H](C)c2ccccc2)[C@@H]1c1ccccc1. The molecule has 0 saturated carbocycles. The molecule has 1 saturated heterocycles. The van der Waals surface area contributed by atoms with Crippen LogP contribution in [0.1, 0.15) is 37.1 Å². The Morgan fingerprint density at radius 3 is 2.18 bits per heavy atom. The minimum absolute atomic E-state index is 0.0430. The molecule has 2 aromatic rings. The molecule has 1 aliphatic rings. The molecule has 1 fully saturated rings. The highest BCUT2D eigenvalue weighted by Gasteiger charge is 2.48. The largest absolute Gasteiger partial charge is 0.327 e. The van der Waals surface area contributed by atoms with Gasteiger partial charge in [0.15, 0.2) is 0 Å². The molecule has 3 rings (SSSR count). The lowest BCUT2D eigenvalue weighted by Gasteiger charge is -2.50. The van der Waals surface area contributed by atoms with Crippen LogP contribution in [0, 0.1) is 5.92 Å². The zero-order valence-electron chi connectivity index (χ0n) is 13.0. The molecule has 0 aromatic heterocycles. The number of β-lactam (4-membered cyclic amide) rings is 1. The lowest BCUT2D eigenvalue weighted by molar-refractivity contribution is -0.157. The molecule has 22 heavy (non-hydrogen) atoms. The molecular weight excluding hydrogens is 270 g/mol. The molecule has 0 bridgehead atoms. The first-order chi connectivity index (χ1) is 10.7. The van der Waals surface area contributed by atoms with Gasteiger partial charge in [0.1, 0.15) is 0 Å². The maximum atomic E-state index is 12.6. The Balaban J connectivity index is 1.94. The summed E-state index contributed by atoms with van der Waals surface area (Å²) in [4.78, 5) is 14.6. The highest BCUT2D eigenvalue weighted by Crippen LogP contribution is 2.46. The van der Waals surface area contributed by atoms with Crippen molar-refractivity contribution in [3.8, 4) is 0 Å². The molecule has 0 N–H and O–H groups in total. The fraction of sp³-hybridized carbons (Fsp3) is 0.250. The molecule has 1 heterocycles. The van der Waals surface area contributed by atoms with Gasteiger partial charge in [0.25, 0.3) is 0 Å². The summed E-state index contributed by atoms with van der Waals surface area (Å²) in [6.07, 6.45) is 4.00. The minimum atomic E-state index is -0.0430. The van der Waals surface area contributed by atoms with E-state index in [9.17, 15) is 4.79 Å². The van der Waals surface area contributed by atoms with Crippen LogP contribution in [0.2, 0.25) is 0 Å². The Morgan fingerprint density at radius 2 is 1.59 bits per heavy atom. The van der Waals surface area contributed by atoms with Crippen molar-refractivity contribution in [1.82, 2.24) is 4.90 Å². The second-order valence-corrected chi connectivity index (χ2v) is 5.74. The molecule has 0 radical (unpaired) electrons. The number of amides is 1. The van der Waals surface area contributed by atoms with Gasteiger partial charge in [0.05, 0.1) is 18.0 Å². The molecule has 2 heteroatoms. The van der Waals surface area contributed by atoms with Crippen LogP contribution in [-0.2, 0) is 4.79 Å². The molecule has 0 spiro atoms. The molecule has 1 amide bonds. The number of hydrogen-bond donors (Lipinski definition) is 0. The number of carbonyl (C=O) groups is 1. The Labute approximate surface area is 132 Å². The number of likely N-dealkylation sites (tertiary alicyclic amines) is 1. The molecule has 1 aliphatic heterocycles. The molecule has 0 unspecified atom stereocenters. The smallest absolute Gasteiger partial charge is 0.233 e. The zero-order chi connectivity index (χ0) is 15.5. The molecular formula is C20H21NO. The topological polar surface area (TPSA) is 20.3 Å². The van der Waals surface area contributed by atoms with Gasteiger partial charge in [-0.3, -0.25) is 4.79 Å². The first kappa shape index (κ1) is 14.6. The summed E-state index contributed by atoms with van der Waals surface area (Å²) in [6.45, 7) is 4.08. The summed E-state index contributed by atoms with van der Waals surface area (Å²) >= 11 is 0. The second kappa shape index (κ2) is 6.18. The number of rotatable bonds is 4. The first-order valence-electron chi connectivity index (χ1n) is 7.79. The van der Waals surface area contributed by atoms with E-state index in [0.717, 1.165) is 0 Å². The summed E-state index contributed by atoms with van der Waals surface area (Å²) in [5.74, 6) is 0.168. The van der Waals surface area contributed by atoms with Crippen LogP contribution >= 0.6 is 0 Å². The third-order valence-corrected chi connectivity index (χ3v) is 4.42. The van der Waals surface area contributed by atoms with Gasteiger partial charge in [-0.25, -0.2) is 0 Å². The predicted octanol–water partition coefficient (Wildman–Crippen LogP) is 4.52. The average Bonchev–Trinajstić information content (AvgIpc) is 2.58. The molecule has 2 nitrogen and oxygen atoms in total. The minimum Gasteiger partial charge on any atom is -0.327 e. The van der Waals surface area contributed by atoms with Crippen molar-refractivity contribution >= 4 is 5.91 Å². The Hall–Kier alpha value is -2.35. The van der Waals surface area contributed by atoms with Crippen LogP contribution in [0.25, 0.3) is 0 Å². The van der Waals surface area contributed by atoms with Crippen molar-refractivity contribution < 1.29 is 4.79 Å². The third-order valence-electron chi connectivity index (χ3n) is 4.42. The summed E-state index contributed by atoms with van der Waals surface area (Å²) < 4.78 is 0. The monoisotopic (exact) mass is 291 g/mol. The van der Waals surface area contributed by atoms with E-state index in [4.69, 9.17) is 0 Å². The number of carbonyl (C=O) groups excluding carboxylic acids is 1. The van der Waals surface area contributed by atoms with Crippen molar-refractivity contribution in [3.05, 3.63) is 83.9 Å². The van der Waals surface area contributed by atoms with E-state index < -0.39 is 0 Å². The van der Waals surface area contributed by atoms with Gasteiger partial charge in [-0.1, -0.05) is 72.8 Å². The van der Waals surface area contributed by atoms with Gasteiger partial charge in [-0.05, 0) is 25.0 Å². The Kier molecular flexibility index (Phi) is 4.10. The molecule has 3 atom stereocenters. The number of nitrogens with zero attached hydrogens (tertiary/aromatic N) is 1. The summed E-state index contributed by atoms with van der Waals surface area (Å²) in [7, 11) is 0. The fourth-order valence-corrected chi connectivity index (χ4v) is 3.27. The van der Waals surface area contributed by atoms with E-state index in [-0.39, 0.29) is 23.9 Å². The van der Waals surface area contributed by atoms with Crippen LogP contribution in [0.15, 0.2) is 72.8 Å². The highest BCUT2D eigenvalue weighted by molar-refractivity contribution is 5.88. The summed E-state index contributed by atoms with van der Waals surface area (Å²) in [6, 6.07) is 20.7. The van der Waals surface area contributed by atoms with Crippen LogP contribution in [0.4, 0.5) is 0 Å². The highest BCUT2D eigenvalue weighted by atomic mass is 16.2. The third kappa shape index (κ3) is 2.45. The van der Waals surface area contributed by atoms with Crippen molar-refractivity contribution in [3.63, 3.8) is 0 Å². The van der Waals surface area contributed by atoms with Crippen LogP contribution in [-0.4, -0.2) is 10.8 Å². The number of allylic oxidation sites excluding steroid dienone is 1.